The number of rotatable bonds is 19. The Morgan fingerprint density at radius 3 is 1.50 bits per heavy atom. The summed E-state index contributed by atoms with van der Waals surface area (Å²) in [7, 11) is 5.08. The molecule has 156 valence electrons. The molecule has 0 heterocycles. The number of esters is 1. The lowest BCUT2D eigenvalue weighted by Crippen LogP contribution is -2.30. The van der Waals surface area contributed by atoms with Gasteiger partial charge in [0, 0.05) is 20.6 Å². The number of hydrogen-bond acceptors (Lipinski definition) is 4. The fourth-order valence-corrected chi connectivity index (χ4v) is 3.46. The second kappa shape index (κ2) is 19.2. The van der Waals surface area contributed by atoms with Crippen LogP contribution in [0.2, 0.25) is 0 Å². The summed E-state index contributed by atoms with van der Waals surface area (Å²) in [6.07, 6.45) is 18.0. The zero-order chi connectivity index (χ0) is 19.5. The van der Waals surface area contributed by atoms with E-state index in [1.54, 1.807) is 0 Å². The lowest BCUT2D eigenvalue weighted by Gasteiger charge is -2.25. The van der Waals surface area contributed by atoms with Gasteiger partial charge in [0.15, 0.2) is 0 Å². The summed E-state index contributed by atoms with van der Waals surface area (Å²) >= 11 is 0. The molecule has 0 aromatic rings. The van der Waals surface area contributed by atoms with Gasteiger partial charge in [0.1, 0.15) is 0 Å². The average Bonchev–Trinajstić information content (AvgIpc) is 2.66. The van der Waals surface area contributed by atoms with Crippen LogP contribution in [0.4, 0.5) is 0 Å². The lowest BCUT2D eigenvalue weighted by atomic mass is 9.99. The molecular formula is C22H44O4. The highest BCUT2D eigenvalue weighted by molar-refractivity contribution is 5.68. The van der Waals surface area contributed by atoms with Crippen LogP contribution < -0.4 is 0 Å². The van der Waals surface area contributed by atoms with E-state index in [9.17, 15) is 4.79 Å². The van der Waals surface area contributed by atoms with Gasteiger partial charge in [-0.3, -0.25) is 4.79 Å². The maximum atomic E-state index is 11.0. The van der Waals surface area contributed by atoms with Crippen LogP contribution >= 0.6 is 0 Å². The van der Waals surface area contributed by atoms with Crippen molar-refractivity contribution in [1.82, 2.24) is 0 Å². The van der Waals surface area contributed by atoms with E-state index in [0.717, 1.165) is 25.7 Å². The maximum Gasteiger partial charge on any atom is 0.305 e. The van der Waals surface area contributed by atoms with Crippen molar-refractivity contribution >= 4 is 5.97 Å². The van der Waals surface area contributed by atoms with Crippen LogP contribution in [-0.2, 0) is 19.0 Å². The van der Waals surface area contributed by atoms with E-state index in [2.05, 4.69) is 11.7 Å². The van der Waals surface area contributed by atoms with Gasteiger partial charge in [0.2, 0.25) is 0 Å². The molecule has 0 aromatic heterocycles. The van der Waals surface area contributed by atoms with Gasteiger partial charge in [0.25, 0.3) is 0 Å². The summed E-state index contributed by atoms with van der Waals surface area (Å²) < 4.78 is 16.1. The molecule has 0 aliphatic rings. The minimum absolute atomic E-state index is 0.0936. The van der Waals surface area contributed by atoms with Crippen LogP contribution in [0, 0.1) is 0 Å². The number of hydrogen-bond donors (Lipinski definition) is 0. The fourth-order valence-electron chi connectivity index (χ4n) is 3.46. The largest absolute Gasteiger partial charge is 0.469 e. The first-order chi connectivity index (χ1) is 12.7. The molecule has 4 heteroatoms. The van der Waals surface area contributed by atoms with E-state index in [-0.39, 0.29) is 18.2 Å². The molecule has 0 amide bonds. The molecule has 0 rings (SSSR count). The second-order valence-electron chi connectivity index (χ2n) is 7.34. The first kappa shape index (κ1) is 25.4. The molecule has 0 spiro atoms. The number of unbranched alkanes of at least 4 members (excludes halogenated alkanes) is 10. The minimum atomic E-state index is -0.0936. The molecule has 0 fully saturated rings. The van der Waals surface area contributed by atoms with Crippen LogP contribution in [0.15, 0.2) is 0 Å². The summed E-state index contributed by atoms with van der Waals surface area (Å²) in [4.78, 5) is 11.0. The molecule has 0 aliphatic heterocycles. The normalized spacial score (nSPS) is 13.5. The van der Waals surface area contributed by atoms with Gasteiger partial charge < -0.3 is 14.2 Å². The Morgan fingerprint density at radius 2 is 1.08 bits per heavy atom. The molecule has 0 saturated heterocycles. The summed E-state index contributed by atoms with van der Waals surface area (Å²) in [6, 6.07) is 0. The molecule has 0 radical (unpaired) electrons. The van der Waals surface area contributed by atoms with E-state index in [4.69, 9.17) is 9.47 Å². The molecule has 0 bridgehead atoms. The molecule has 0 aliphatic carbocycles. The van der Waals surface area contributed by atoms with E-state index < -0.39 is 0 Å². The van der Waals surface area contributed by atoms with Gasteiger partial charge in [0.05, 0.1) is 19.3 Å². The van der Waals surface area contributed by atoms with Crippen LogP contribution in [0.5, 0.6) is 0 Å². The van der Waals surface area contributed by atoms with Gasteiger partial charge >= 0.3 is 5.97 Å². The zero-order valence-electron chi connectivity index (χ0n) is 17.9. The highest BCUT2D eigenvalue weighted by atomic mass is 16.5. The predicted octanol–water partition coefficient (Wildman–Crippen LogP) is 6.06. The minimum Gasteiger partial charge on any atom is -0.469 e. The highest BCUT2D eigenvalue weighted by Crippen LogP contribution is 2.19. The average molecular weight is 373 g/mol. The number of carbonyl (C=O) groups is 1. The van der Waals surface area contributed by atoms with E-state index in [0.29, 0.717) is 6.42 Å². The van der Waals surface area contributed by atoms with Gasteiger partial charge in [-0.05, 0) is 19.3 Å². The summed E-state index contributed by atoms with van der Waals surface area (Å²) in [5, 5.41) is 0. The molecular weight excluding hydrogens is 328 g/mol. The van der Waals surface area contributed by atoms with Crippen molar-refractivity contribution in [2.24, 2.45) is 0 Å². The molecule has 2 unspecified atom stereocenters. The summed E-state index contributed by atoms with van der Waals surface area (Å²) in [5.41, 5.74) is 0. The van der Waals surface area contributed by atoms with Crippen molar-refractivity contribution in [3.63, 3.8) is 0 Å². The second-order valence-corrected chi connectivity index (χ2v) is 7.34. The van der Waals surface area contributed by atoms with Crippen molar-refractivity contribution in [1.29, 1.82) is 0 Å². The van der Waals surface area contributed by atoms with Gasteiger partial charge in [-0.2, -0.15) is 0 Å². The van der Waals surface area contributed by atoms with E-state index in [1.165, 1.54) is 71.3 Å². The predicted molar refractivity (Wildman–Crippen MR) is 109 cm³/mol. The quantitative estimate of drug-likeness (QED) is 0.204. The van der Waals surface area contributed by atoms with Gasteiger partial charge in [-0.25, -0.2) is 0 Å². The first-order valence-corrected chi connectivity index (χ1v) is 10.8. The molecule has 0 N–H and O–H groups in total. The van der Waals surface area contributed by atoms with E-state index >= 15 is 0 Å². The number of methoxy groups -OCH3 is 3. The van der Waals surface area contributed by atoms with Crippen molar-refractivity contribution in [3.05, 3.63) is 0 Å². The number of ether oxygens (including phenoxy) is 3. The smallest absolute Gasteiger partial charge is 0.305 e. The molecule has 4 nitrogen and oxygen atoms in total. The Morgan fingerprint density at radius 1 is 0.654 bits per heavy atom. The Hall–Kier alpha value is -0.610. The van der Waals surface area contributed by atoms with Gasteiger partial charge in [-0.15, -0.1) is 0 Å². The van der Waals surface area contributed by atoms with Crippen LogP contribution in [0.3, 0.4) is 0 Å². The fraction of sp³-hybridized carbons (Fsp3) is 0.955. The zero-order valence-corrected chi connectivity index (χ0v) is 17.9. The van der Waals surface area contributed by atoms with Gasteiger partial charge in [-0.1, -0.05) is 77.6 Å². The maximum absolute atomic E-state index is 11.0. The summed E-state index contributed by atoms with van der Waals surface area (Å²) in [5.74, 6) is -0.0936. The van der Waals surface area contributed by atoms with Crippen molar-refractivity contribution in [2.75, 3.05) is 21.3 Å². The topological polar surface area (TPSA) is 44.8 Å². The van der Waals surface area contributed by atoms with Crippen LogP contribution in [0.1, 0.15) is 103 Å². The SMILES string of the molecule is CCCCCCCCC(OC)C(CCCCCCCCC(=O)OC)OC. The Kier molecular flexibility index (Phi) is 18.7. The standard InChI is InChI=1S/C22H44O4/c1-5-6-7-8-11-14-17-20(24-2)21(25-3)18-15-12-9-10-13-16-19-22(23)26-4/h20-21H,5-19H2,1-4H3. The van der Waals surface area contributed by atoms with Crippen molar-refractivity contribution in [3.8, 4) is 0 Å². The lowest BCUT2D eigenvalue weighted by molar-refractivity contribution is -0.140. The third kappa shape index (κ3) is 14.5. The number of carbonyl (C=O) groups excluding carboxylic acids is 1. The third-order valence-corrected chi connectivity index (χ3v) is 5.21. The van der Waals surface area contributed by atoms with Crippen LogP contribution in [0.25, 0.3) is 0 Å². The molecule has 26 heavy (non-hydrogen) atoms. The monoisotopic (exact) mass is 372 g/mol. The highest BCUT2D eigenvalue weighted by Gasteiger charge is 2.20. The first-order valence-electron chi connectivity index (χ1n) is 10.8. The van der Waals surface area contributed by atoms with Crippen LogP contribution in [-0.4, -0.2) is 39.5 Å². The molecule has 0 aromatic carbocycles. The van der Waals surface area contributed by atoms with Crippen molar-refractivity contribution in [2.45, 2.75) is 115 Å². The van der Waals surface area contributed by atoms with Crippen molar-refractivity contribution < 1.29 is 19.0 Å². The Balaban J connectivity index is 3.71. The Labute approximate surface area is 162 Å². The Bertz CT molecular complexity index is 307. The molecule has 0 saturated carbocycles. The van der Waals surface area contributed by atoms with E-state index in [1.807, 2.05) is 14.2 Å². The summed E-state index contributed by atoms with van der Waals surface area (Å²) in [6.45, 7) is 2.26. The molecule has 2 atom stereocenters. The third-order valence-electron chi connectivity index (χ3n) is 5.21.